The first-order valence-corrected chi connectivity index (χ1v) is 11.4. The van der Waals surface area contributed by atoms with Gasteiger partial charge in [-0.1, -0.05) is 18.2 Å². The molecule has 0 radical (unpaired) electrons. The van der Waals surface area contributed by atoms with Crippen molar-refractivity contribution in [3.8, 4) is 23.0 Å². The molecule has 11 nitrogen and oxygen atoms in total. The quantitative estimate of drug-likeness (QED) is 0.249. The van der Waals surface area contributed by atoms with Gasteiger partial charge in [0, 0.05) is 18.6 Å². The Kier molecular flexibility index (Phi) is 9.48. The fraction of sp³-hybridized carbons (Fsp3) is 0.385. The van der Waals surface area contributed by atoms with E-state index in [-0.39, 0.29) is 23.5 Å². The Labute approximate surface area is 214 Å². The zero-order valence-corrected chi connectivity index (χ0v) is 20.7. The Morgan fingerprint density at radius 1 is 0.973 bits per heavy atom. The number of amides is 1. The highest BCUT2D eigenvalue weighted by molar-refractivity contribution is 6.10. The molecule has 1 fully saturated rings. The number of primary amides is 1. The number of methoxy groups -OCH3 is 3. The van der Waals surface area contributed by atoms with Crippen molar-refractivity contribution in [2.75, 3.05) is 27.9 Å². The van der Waals surface area contributed by atoms with E-state index in [9.17, 15) is 24.9 Å². The van der Waals surface area contributed by atoms with Gasteiger partial charge in [0.05, 0.1) is 40.0 Å². The molecule has 1 aliphatic heterocycles. The molecule has 0 aliphatic carbocycles. The summed E-state index contributed by atoms with van der Waals surface area (Å²) in [5.41, 5.74) is 6.10. The summed E-state index contributed by atoms with van der Waals surface area (Å²) in [5.74, 6) is -1.26. The summed E-state index contributed by atoms with van der Waals surface area (Å²) in [6, 6.07) is 9.98. The summed E-state index contributed by atoms with van der Waals surface area (Å²) >= 11 is 0. The zero-order valence-electron chi connectivity index (χ0n) is 20.7. The standard InChI is InChI=1S/C26H31NO10/c1-33-15-7-4-14(5-8-15)6-9-18(29)23-19(35-3)10-16(34-2)11-20(23)36-26-17(12-22(27)30)24(31)25(32)21(13-28)37-26/h4-11,17,21,24-26,28,31-32H,12-13H2,1-3H3,(H2,27,30)/t17-,21+,24+,25+,26+/m0/s1. The molecule has 1 heterocycles. The third-order valence-corrected chi connectivity index (χ3v) is 5.97. The average Bonchev–Trinajstić information content (AvgIpc) is 2.90. The van der Waals surface area contributed by atoms with Crippen LogP contribution in [0.1, 0.15) is 22.3 Å². The molecule has 200 valence electrons. The number of carbonyl (C=O) groups excluding carboxylic acids is 2. The van der Waals surface area contributed by atoms with Gasteiger partial charge < -0.3 is 44.7 Å². The monoisotopic (exact) mass is 517 g/mol. The van der Waals surface area contributed by atoms with Gasteiger partial charge in [-0.15, -0.1) is 0 Å². The summed E-state index contributed by atoms with van der Waals surface area (Å²) in [7, 11) is 4.34. The van der Waals surface area contributed by atoms with Gasteiger partial charge in [0.15, 0.2) is 5.78 Å². The van der Waals surface area contributed by atoms with Crippen LogP contribution in [0, 0.1) is 5.92 Å². The largest absolute Gasteiger partial charge is 0.497 e. The van der Waals surface area contributed by atoms with E-state index in [1.165, 1.54) is 32.4 Å². The molecule has 1 amide bonds. The number of nitrogens with two attached hydrogens (primary N) is 1. The third kappa shape index (κ3) is 6.57. The molecule has 0 spiro atoms. The minimum absolute atomic E-state index is 0.0237. The highest BCUT2D eigenvalue weighted by Crippen LogP contribution is 2.38. The van der Waals surface area contributed by atoms with Gasteiger partial charge in [-0.3, -0.25) is 9.59 Å². The van der Waals surface area contributed by atoms with Crippen LogP contribution in [0.3, 0.4) is 0 Å². The van der Waals surface area contributed by atoms with Crippen LogP contribution >= 0.6 is 0 Å². The van der Waals surface area contributed by atoms with Gasteiger partial charge in [0.25, 0.3) is 0 Å². The maximum atomic E-state index is 13.3. The van der Waals surface area contributed by atoms with Gasteiger partial charge in [-0.05, 0) is 23.8 Å². The van der Waals surface area contributed by atoms with Crippen LogP contribution in [0.2, 0.25) is 0 Å². The van der Waals surface area contributed by atoms with Crippen LogP contribution in [0.5, 0.6) is 23.0 Å². The molecule has 0 unspecified atom stereocenters. The van der Waals surface area contributed by atoms with E-state index < -0.39 is 48.8 Å². The molecular weight excluding hydrogens is 486 g/mol. The number of rotatable bonds is 11. The normalized spacial score (nSPS) is 23.5. The lowest BCUT2D eigenvalue weighted by Crippen LogP contribution is -2.57. The van der Waals surface area contributed by atoms with Crippen LogP contribution in [0.4, 0.5) is 0 Å². The molecule has 2 aromatic rings. The predicted molar refractivity (Wildman–Crippen MR) is 132 cm³/mol. The Morgan fingerprint density at radius 2 is 1.62 bits per heavy atom. The number of benzene rings is 2. The second-order valence-electron chi connectivity index (χ2n) is 8.33. The molecule has 3 rings (SSSR count). The molecule has 0 aromatic heterocycles. The van der Waals surface area contributed by atoms with Crippen molar-refractivity contribution in [1.29, 1.82) is 0 Å². The maximum Gasteiger partial charge on any atom is 0.218 e. The molecule has 37 heavy (non-hydrogen) atoms. The van der Waals surface area contributed by atoms with E-state index in [4.69, 9.17) is 29.4 Å². The molecule has 0 saturated carbocycles. The Hall–Kier alpha value is -3.64. The number of ketones is 1. The van der Waals surface area contributed by atoms with Gasteiger partial charge in [0.1, 0.15) is 40.8 Å². The van der Waals surface area contributed by atoms with E-state index in [1.54, 1.807) is 37.5 Å². The van der Waals surface area contributed by atoms with E-state index in [2.05, 4.69) is 0 Å². The number of hydrogen-bond donors (Lipinski definition) is 4. The summed E-state index contributed by atoms with van der Waals surface area (Å²) in [6.07, 6.45) is -2.99. The first-order chi connectivity index (χ1) is 17.7. The van der Waals surface area contributed by atoms with Gasteiger partial charge in [0.2, 0.25) is 12.2 Å². The maximum absolute atomic E-state index is 13.3. The summed E-state index contributed by atoms with van der Waals surface area (Å²) in [6.45, 7) is -0.626. The van der Waals surface area contributed by atoms with Crippen LogP contribution in [0.25, 0.3) is 6.08 Å². The van der Waals surface area contributed by atoms with Crippen molar-refractivity contribution < 1.29 is 48.6 Å². The molecule has 1 aliphatic rings. The van der Waals surface area contributed by atoms with E-state index in [1.807, 2.05) is 0 Å². The molecular formula is C26H31NO10. The van der Waals surface area contributed by atoms with Crippen molar-refractivity contribution in [1.82, 2.24) is 0 Å². The Bertz CT molecular complexity index is 1120. The van der Waals surface area contributed by atoms with E-state index in [0.717, 1.165) is 5.56 Å². The first kappa shape index (κ1) is 27.9. The number of carbonyl (C=O) groups is 2. The fourth-order valence-corrected chi connectivity index (χ4v) is 3.98. The smallest absolute Gasteiger partial charge is 0.218 e. The Balaban J connectivity index is 2.00. The van der Waals surface area contributed by atoms with Crippen molar-refractivity contribution in [3.05, 3.63) is 53.6 Å². The highest BCUT2D eigenvalue weighted by Gasteiger charge is 2.46. The van der Waals surface area contributed by atoms with Crippen molar-refractivity contribution >= 4 is 17.8 Å². The van der Waals surface area contributed by atoms with Crippen molar-refractivity contribution in [2.45, 2.75) is 31.0 Å². The number of allylic oxidation sites excluding steroid dienone is 1. The number of aliphatic hydroxyl groups excluding tert-OH is 3. The molecule has 2 aromatic carbocycles. The summed E-state index contributed by atoms with van der Waals surface area (Å²) in [4.78, 5) is 25.0. The van der Waals surface area contributed by atoms with E-state index in [0.29, 0.717) is 11.5 Å². The number of ether oxygens (including phenoxy) is 5. The average molecular weight is 518 g/mol. The van der Waals surface area contributed by atoms with Gasteiger partial charge in [-0.2, -0.15) is 0 Å². The molecule has 11 heteroatoms. The van der Waals surface area contributed by atoms with Crippen LogP contribution < -0.4 is 24.7 Å². The lowest BCUT2D eigenvalue weighted by atomic mass is 9.88. The summed E-state index contributed by atoms with van der Waals surface area (Å²) < 4.78 is 27.5. The van der Waals surface area contributed by atoms with Crippen LogP contribution in [0.15, 0.2) is 42.5 Å². The topological polar surface area (TPSA) is 167 Å². The molecule has 5 atom stereocenters. The second kappa shape index (κ2) is 12.5. The fourth-order valence-electron chi connectivity index (χ4n) is 3.98. The third-order valence-electron chi connectivity index (χ3n) is 5.97. The SMILES string of the molecule is COc1ccc(C=CC(=O)c2c(OC)cc(OC)cc2O[C@@H]2O[C@H](CO)[C@@H](O)[C@H](O)[C@@H]2CC(N)=O)cc1. The number of aliphatic hydroxyl groups is 3. The molecule has 5 N–H and O–H groups in total. The van der Waals surface area contributed by atoms with E-state index >= 15 is 0 Å². The zero-order chi connectivity index (χ0) is 27.1. The second-order valence-corrected chi connectivity index (χ2v) is 8.33. The lowest BCUT2D eigenvalue weighted by molar-refractivity contribution is -0.260. The molecule has 1 saturated heterocycles. The van der Waals surface area contributed by atoms with Gasteiger partial charge in [-0.25, -0.2) is 0 Å². The Morgan fingerprint density at radius 3 is 2.19 bits per heavy atom. The minimum atomic E-state index is -1.50. The van der Waals surface area contributed by atoms with Crippen LogP contribution in [-0.2, 0) is 9.53 Å². The lowest BCUT2D eigenvalue weighted by Gasteiger charge is -2.41. The minimum Gasteiger partial charge on any atom is -0.497 e. The first-order valence-electron chi connectivity index (χ1n) is 11.4. The highest BCUT2D eigenvalue weighted by atomic mass is 16.7. The predicted octanol–water partition coefficient (Wildman–Crippen LogP) is 0.918. The summed E-state index contributed by atoms with van der Waals surface area (Å²) in [5, 5.41) is 30.5. The van der Waals surface area contributed by atoms with Crippen molar-refractivity contribution in [2.24, 2.45) is 11.7 Å². The van der Waals surface area contributed by atoms with Gasteiger partial charge >= 0.3 is 0 Å². The van der Waals surface area contributed by atoms with Crippen molar-refractivity contribution in [3.63, 3.8) is 0 Å². The van der Waals surface area contributed by atoms with Crippen LogP contribution in [-0.4, -0.2) is 79.5 Å². The number of hydrogen-bond acceptors (Lipinski definition) is 10. The molecule has 0 bridgehead atoms.